The normalized spacial score (nSPS) is 10.2. The molecule has 148 valence electrons. The Kier molecular flexibility index (Phi) is 6.03. The summed E-state index contributed by atoms with van der Waals surface area (Å²) >= 11 is 0. The number of rotatable bonds is 7. The number of ketones is 1. The molecule has 0 saturated carbocycles. The molecule has 3 rings (SSSR count). The third kappa shape index (κ3) is 4.86. The predicted molar refractivity (Wildman–Crippen MR) is 109 cm³/mol. The maximum absolute atomic E-state index is 12.4. The molecule has 2 aromatic carbocycles. The summed E-state index contributed by atoms with van der Waals surface area (Å²) in [6, 6.07) is 15.3. The van der Waals surface area contributed by atoms with E-state index in [0.29, 0.717) is 34.3 Å². The molecule has 0 aliphatic carbocycles. The molecule has 0 aliphatic heterocycles. The zero-order chi connectivity index (χ0) is 20.8. The highest BCUT2D eigenvalue weighted by Gasteiger charge is 2.11. The molecule has 3 aromatic rings. The Morgan fingerprint density at radius 3 is 2.31 bits per heavy atom. The molecule has 1 aromatic heterocycles. The molecular formula is C21H20N4O4. The molecule has 29 heavy (non-hydrogen) atoms. The SMILES string of the molecule is COc1ccc(NC(=O)c2ccc(Nc3cccc(C(C)=O)c3)nn2)cc1OC. The molecule has 8 heteroatoms. The van der Waals surface area contributed by atoms with Gasteiger partial charge in [-0.2, -0.15) is 0 Å². The van der Waals surface area contributed by atoms with Crippen molar-refractivity contribution in [3.8, 4) is 11.5 Å². The number of hydrogen-bond acceptors (Lipinski definition) is 7. The first kappa shape index (κ1) is 19.8. The van der Waals surface area contributed by atoms with Crippen LogP contribution in [-0.4, -0.2) is 36.1 Å². The van der Waals surface area contributed by atoms with Gasteiger partial charge in [-0.25, -0.2) is 0 Å². The number of hydrogen-bond donors (Lipinski definition) is 2. The minimum Gasteiger partial charge on any atom is -0.493 e. The zero-order valence-electron chi connectivity index (χ0n) is 16.2. The van der Waals surface area contributed by atoms with E-state index in [1.165, 1.54) is 21.1 Å². The molecule has 0 aliphatic rings. The maximum Gasteiger partial charge on any atom is 0.276 e. The average molecular weight is 392 g/mol. The van der Waals surface area contributed by atoms with Gasteiger partial charge in [0, 0.05) is 23.0 Å². The summed E-state index contributed by atoms with van der Waals surface area (Å²) in [6.07, 6.45) is 0. The van der Waals surface area contributed by atoms with E-state index in [1.54, 1.807) is 48.5 Å². The van der Waals surface area contributed by atoms with Crippen LogP contribution in [0.25, 0.3) is 0 Å². The fourth-order valence-electron chi connectivity index (χ4n) is 2.59. The number of nitrogens with zero attached hydrogens (tertiary/aromatic N) is 2. The van der Waals surface area contributed by atoms with Gasteiger partial charge in [0.1, 0.15) is 0 Å². The lowest BCUT2D eigenvalue weighted by Gasteiger charge is -2.10. The third-order valence-electron chi connectivity index (χ3n) is 4.08. The van der Waals surface area contributed by atoms with Crippen molar-refractivity contribution < 1.29 is 19.1 Å². The second-order valence-corrected chi connectivity index (χ2v) is 6.09. The monoisotopic (exact) mass is 392 g/mol. The minimum absolute atomic E-state index is 0.0260. The number of anilines is 3. The number of methoxy groups -OCH3 is 2. The van der Waals surface area contributed by atoms with Gasteiger partial charge in [-0.05, 0) is 43.3 Å². The first-order chi connectivity index (χ1) is 14.0. The van der Waals surface area contributed by atoms with Crippen LogP contribution in [0.3, 0.4) is 0 Å². The van der Waals surface area contributed by atoms with E-state index in [-0.39, 0.29) is 11.5 Å². The maximum atomic E-state index is 12.4. The fourth-order valence-corrected chi connectivity index (χ4v) is 2.59. The van der Waals surface area contributed by atoms with Crippen molar-refractivity contribution in [1.82, 2.24) is 10.2 Å². The van der Waals surface area contributed by atoms with Gasteiger partial charge in [0.2, 0.25) is 0 Å². The van der Waals surface area contributed by atoms with Gasteiger partial charge in [-0.3, -0.25) is 9.59 Å². The van der Waals surface area contributed by atoms with Gasteiger partial charge in [-0.15, -0.1) is 10.2 Å². The van der Waals surface area contributed by atoms with Crippen LogP contribution < -0.4 is 20.1 Å². The smallest absolute Gasteiger partial charge is 0.276 e. The highest BCUT2D eigenvalue weighted by molar-refractivity contribution is 6.03. The van der Waals surface area contributed by atoms with Crippen LogP contribution in [0.4, 0.5) is 17.2 Å². The van der Waals surface area contributed by atoms with Crippen molar-refractivity contribution in [1.29, 1.82) is 0 Å². The Morgan fingerprint density at radius 2 is 1.66 bits per heavy atom. The Morgan fingerprint density at radius 1 is 0.862 bits per heavy atom. The van der Waals surface area contributed by atoms with Gasteiger partial charge in [0.25, 0.3) is 5.91 Å². The Balaban J connectivity index is 1.69. The number of benzene rings is 2. The highest BCUT2D eigenvalue weighted by atomic mass is 16.5. The molecule has 0 fully saturated rings. The molecule has 0 bridgehead atoms. The Hall–Kier alpha value is -3.94. The van der Waals surface area contributed by atoms with Crippen LogP contribution in [0.1, 0.15) is 27.8 Å². The van der Waals surface area contributed by atoms with Gasteiger partial charge in [-0.1, -0.05) is 12.1 Å². The molecule has 1 heterocycles. The predicted octanol–water partition coefficient (Wildman–Crippen LogP) is 3.69. The number of Topliss-reactive ketones (excluding diaryl/α,β-unsaturated/α-hetero) is 1. The van der Waals surface area contributed by atoms with Crippen LogP contribution in [0.2, 0.25) is 0 Å². The van der Waals surface area contributed by atoms with E-state index >= 15 is 0 Å². The van der Waals surface area contributed by atoms with E-state index in [1.807, 2.05) is 6.07 Å². The van der Waals surface area contributed by atoms with E-state index in [4.69, 9.17) is 9.47 Å². The number of ether oxygens (including phenoxy) is 2. The summed E-state index contributed by atoms with van der Waals surface area (Å²) in [5.74, 6) is 1.09. The molecule has 0 spiro atoms. The molecule has 0 unspecified atom stereocenters. The van der Waals surface area contributed by atoms with Crippen molar-refractivity contribution in [2.75, 3.05) is 24.9 Å². The number of carbonyl (C=O) groups is 2. The quantitative estimate of drug-likeness (QED) is 0.591. The van der Waals surface area contributed by atoms with Crippen molar-refractivity contribution >= 4 is 28.9 Å². The molecule has 2 N–H and O–H groups in total. The topological polar surface area (TPSA) is 102 Å². The van der Waals surface area contributed by atoms with Crippen LogP contribution >= 0.6 is 0 Å². The van der Waals surface area contributed by atoms with Crippen LogP contribution in [-0.2, 0) is 0 Å². The van der Waals surface area contributed by atoms with Gasteiger partial charge in [0.05, 0.1) is 14.2 Å². The standard InChI is InChI=1S/C21H20N4O4/c1-13(26)14-5-4-6-15(11-14)22-20-10-8-17(24-25-20)21(27)23-16-7-9-18(28-2)19(12-16)29-3/h4-12H,1-3H3,(H,22,25)(H,23,27). The van der Waals surface area contributed by atoms with E-state index in [9.17, 15) is 9.59 Å². The summed E-state index contributed by atoms with van der Waals surface area (Å²) in [6.45, 7) is 1.50. The second kappa shape index (κ2) is 8.83. The van der Waals surface area contributed by atoms with Crippen molar-refractivity contribution in [2.45, 2.75) is 6.92 Å². The van der Waals surface area contributed by atoms with Crippen LogP contribution in [0, 0.1) is 0 Å². The first-order valence-electron chi connectivity index (χ1n) is 8.75. The second-order valence-electron chi connectivity index (χ2n) is 6.09. The van der Waals surface area contributed by atoms with Crippen molar-refractivity contribution in [3.63, 3.8) is 0 Å². The largest absolute Gasteiger partial charge is 0.493 e. The zero-order valence-corrected chi connectivity index (χ0v) is 16.2. The highest BCUT2D eigenvalue weighted by Crippen LogP contribution is 2.29. The minimum atomic E-state index is -0.408. The lowest BCUT2D eigenvalue weighted by Crippen LogP contribution is -2.14. The number of carbonyl (C=O) groups excluding carboxylic acids is 2. The summed E-state index contributed by atoms with van der Waals surface area (Å²) < 4.78 is 10.4. The Bertz CT molecular complexity index is 1040. The van der Waals surface area contributed by atoms with Crippen LogP contribution in [0.15, 0.2) is 54.6 Å². The lowest BCUT2D eigenvalue weighted by molar-refractivity contribution is 0.101. The Labute approximate surface area is 167 Å². The van der Waals surface area contributed by atoms with E-state index in [2.05, 4.69) is 20.8 Å². The molecule has 1 amide bonds. The van der Waals surface area contributed by atoms with E-state index in [0.717, 1.165) is 0 Å². The molecule has 0 radical (unpaired) electrons. The van der Waals surface area contributed by atoms with Crippen molar-refractivity contribution in [2.24, 2.45) is 0 Å². The molecule has 0 saturated heterocycles. The number of amides is 1. The summed E-state index contributed by atoms with van der Waals surface area (Å²) in [5.41, 5.74) is 1.99. The van der Waals surface area contributed by atoms with Gasteiger partial charge >= 0.3 is 0 Å². The van der Waals surface area contributed by atoms with Gasteiger partial charge < -0.3 is 20.1 Å². The van der Waals surface area contributed by atoms with Crippen LogP contribution in [0.5, 0.6) is 11.5 Å². The lowest BCUT2D eigenvalue weighted by atomic mass is 10.1. The summed E-state index contributed by atoms with van der Waals surface area (Å²) in [4.78, 5) is 23.9. The summed E-state index contributed by atoms with van der Waals surface area (Å²) in [7, 11) is 3.06. The third-order valence-corrected chi connectivity index (χ3v) is 4.08. The first-order valence-corrected chi connectivity index (χ1v) is 8.75. The molecule has 0 atom stereocenters. The van der Waals surface area contributed by atoms with Crippen molar-refractivity contribution in [3.05, 3.63) is 65.9 Å². The number of aromatic nitrogens is 2. The van der Waals surface area contributed by atoms with Gasteiger partial charge in [0.15, 0.2) is 28.8 Å². The molecular weight excluding hydrogens is 372 g/mol. The molecule has 8 nitrogen and oxygen atoms in total. The fraction of sp³-hybridized carbons (Fsp3) is 0.143. The average Bonchev–Trinajstić information content (AvgIpc) is 2.74. The van der Waals surface area contributed by atoms with E-state index < -0.39 is 5.91 Å². The number of nitrogens with one attached hydrogen (secondary N) is 2. The summed E-state index contributed by atoms with van der Waals surface area (Å²) in [5, 5.41) is 13.8.